The van der Waals surface area contributed by atoms with Crippen LogP contribution in [0.4, 0.5) is 16.2 Å². The van der Waals surface area contributed by atoms with E-state index in [1.165, 1.54) is 25.3 Å². The van der Waals surface area contributed by atoms with Gasteiger partial charge in [0, 0.05) is 0 Å². The van der Waals surface area contributed by atoms with Crippen molar-refractivity contribution in [3.05, 3.63) is 47.5 Å². The van der Waals surface area contributed by atoms with Crippen LogP contribution in [0.3, 0.4) is 0 Å². The van der Waals surface area contributed by atoms with Crippen LogP contribution in [-0.4, -0.2) is 28.2 Å². The molecule has 0 unspecified atom stereocenters. The SMILES string of the molecule is CCOC(=O)Nc1cc(S(=O)(=O)Nc2c(C)cccc2C(C)C)ccc1OC. The van der Waals surface area contributed by atoms with Gasteiger partial charge in [-0.2, -0.15) is 0 Å². The van der Waals surface area contributed by atoms with Crippen LogP contribution in [0, 0.1) is 6.92 Å². The molecule has 0 aliphatic rings. The number of nitrogens with one attached hydrogen (secondary N) is 2. The molecule has 0 heterocycles. The second-order valence-corrected chi connectivity index (χ2v) is 8.19. The maximum atomic E-state index is 13.0. The minimum atomic E-state index is -3.89. The molecule has 2 aromatic rings. The number of aryl methyl sites for hydroxylation is 1. The van der Waals surface area contributed by atoms with Crippen LogP contribution in [-0.2, 0) is 14.8 Å². The molecule has 2 N–H and O–H groups in total. The highest BCUT2D eigenvalue weighted by molar-refractivity contribution is 7.92. The van der Waals surface area contributed by atoms with Crippen LogP contribution in [0.25, 0.3) is 0 Å². The van der Waals surface area contributed by atoms with E-state index in [9.17, 15) is 13.2 Å². The Morgan fingerprint density at radius 3 is 2.50 bits per heavy atom. The molecule has 0 aliphatic carbocycles. The van der Waals surface area contributed by atoms with Crippen molar-refractivity contribution >= 4 is 27.5 Å². The summed E-state index contributed by atoms with van der Waals surface area (Å²) in [4.78, 5) is 11.7. The first-order valence-corrected chi connectivity index (χ1v) is 10.4. The summed E-state index contributed by atoms with van der Waals surface area (Å²) < 4.78 is 38.7. The summed E-state index contributed by atoms with van der Waals surface area (Å²) >= 11 is 0. The molecule has 2 aromatic carbocycles. The zero-order valence-corrected chi connectivity index (χ0v) is 17.5. The first-order chi connectivity index (χ1) is 13.2. The van der Waals surface area contributed by atoms with E-state index in [2.05, 4.69) is 10.0 Å². The number of amides is 1. The number of hydrogen-bond acceptors (Lipinski definition) is 5. The number of carbonyl (C=O) groups is 1. The second-order valence-electron chi connectivity index (χ2n) is 6.51. The molecule has 8 heteroatoms. The lowest BCUT2D eigenvalue weighted by Gasteiger charge is -2.18. The molecule has 2 rings (SSSR count). The third-order valence-electron chi connectivity index (χ3n) is 4.16. The minimum absolute atomic E-state index is 0.00180. The van der Waals surface area contributed by atoms with Crippen molar-refractivity contribution in [3.8, 4) is 5.75 Å². The average Bonchev–Trinajstić information content (AvgIpc) is 2.63. The van der Waals surface area contributed by atoms with Gasteiger partial charge in [0.1, 0.15) is 5.75 Å². The van der Waals surface area contributed by atoms with Crippen molar-refractivity contribution in [2.24, 2.45) is 0 Å². The van der Waals surface area contributed by atoms with E-state index in [0.29, 0.717) is 11.4 Å². The number of methoxy groups -OCH3 is 1. The van der Waals surface area contributed by atoms with Crippen LogP contribution in [0.1, 0.15) is 37.8 Å². The zero-order valence-electron chi connectivity index (χ0n) is 16.7. The number of hydrogen-bond donors (Lipinski definition) is 2. The largest absolute Gasteiger partial charge is 0.495 e. The second kappa shape index (κ2) is 8.97. The molecule has 0 bridgehead atoms. The van der Waals surface area contributed by atoms with Crippen molar-refractivity contribution in [1.82, 2.24) is 0 Å². The standard InChI is InChI=1S/C20H26N2O5S/c1-6-27-20(23)21-17-12-15(10-11-18(17)26-5)28(24,25)22-19-14(4)8-7-9-16(19)13(2)3/h7-13,22H,6H2,1-5H3,(H,21,23). The molecule has 0 fully saturated rings. The zero-order chi connectivity index (χ0) is 20.9. The summed E-state index contributed by atoms with van der Waals surface area (Å²) in [5.74, 6) is 0.472. The number of benzene rings is 2. The summed E-state index contributed by atoms with van der Waals surface area (Å²) in [5.41, 5.74) is 2.50. The van der Waals surface area contributed by atoms with Gasteiger partial charge in [-0.05, 0) is 49.1 Å². The van der Waals surface area contributed by atoms with E-state index >= 15 is 0 Å². The smallest absolute Gasteiger partial charge is 0.411 e. The topological polar surface area (TPSA) is 93.7 Å². The van der Waals surface area contributed by atoms with Crippen molar-refractivity contribution in [2.45, 2.75) is 38.5 Å². The Balaban J connectivity index is 2.43. The molecular weight excluding hydrogens is 380 g/mol. The Labute approximate surface area is 166 Å². The van der Waals surface area contributed by atoms with Gasteiger partial charge in [-0.1, -0.05) is 32.0 Å². The van der Waals surface area contributed by atoms with Crippen LogP contribution >= 0.6 is 0 Å². The Morgan fingerprint density at radius 1 is 1.18 bits per heavy atom. The lowest BCUT2D eigenvalue weighted by atomic mass is 9.99. The quantitative estimate of drug-likeness (QED) is 0.706. The molecular formula is C20H26N2O5S. The van der Waals surface area contributed by atoms with Crippen LogP contribution in [0.15, 0.2) is 41.3 Å². The van der Waals surface area contributed by atoms with Crippen molar-refractivity contribution in [1.29, 1.82) is 0 Å². The summed E-state index contributed by atoms with van der Waals surface area (Å²) in [7, 11) is -2.45. The molecule has 0 aliphatic heterocycles. The van der Waals surface area contributed by atoms with Gasteiger partial charge in [0.15, 0.2) is 0 Å². The predicted octanol–water partition coefficient (Wildman–Crippen LogP) is 4.50. The number of para-hydroxylation sites is 1. The summed E-state index contributed by atoms with van der Waals surface area (Å²) in [6.07, 6.45) is -0.690. The molecule has 0 saturated carbocycles. The fraction of sp³-hybridized carbons (Fsp3) is 0.350. The molecule has 0 saturated heterocycles. The van der Waals surface area contributed by atoms with Gasteiger partial charge in [-0.15, -0.1) is 0 Å². The highest BCUT2D eigenvalue weighted by atomic mass is 32.2. The van der Waals surface area contributed by atoms with E-state index < -0.39 is 16.1 Å². The summed E-state index contributed by atoms with van der Waals surface area (Å²) in [6, 6.07) is 9.90. The van der Waals surface area contributed by atoms with Gasteiger partial charge >= 0.3 is 6.09 Å². The van der Waals surface area contributed by atoms with Crippen LogP contribution in [0.2, 0.25) is 0 Å². The van der Waals surface area contributed by atoms with Crippen LogP contribution in [0.5, 0.6) is 5.75 Å². The lowest BCUT2D eigenvalue weighted by molar-refractivity contribution is 0.168. The van der Waals surface area contributed by atoms with Crippen molar-refractivity contribution in [2.75, 3.05) is 23.8 Å². The van der Waals surface area contributed by atoms with E-state index in [1.807, 2.05) is 39.0 Å². The van der Waals surface area contributed by atoms with Gasteiger partial charge in [-0.3, -0.25) is 10.0 Å². The number of rotatable bonds is 7. The van der Waals surface area contributed by atoms with E-state index in [-0.39, 0.29) is 23.1 Å². The fourth-order valence-electron chi connectivity index (χ4n) is 2.73. The third kappa shape index (κ3) is 4.95. The number of sulfonamides is 1. The maximum absolute atomic E-state index is 13.0. The Morgan fingerprint density at radius 2 is 1.89 bits per heavy atom. The fourth-order valence-corrected chi connectivity index (χ4v) is 3.92. The monoisotopic (exact) mass is 406 g/mol. The van der Waals surface area contributed by atoms with Gasteiger partial charge in [0.05, 0.1) is 30.0 Å². The Kier molecular flexibility index (Phi) is 6.90. The third-order valence-corrected chi connectivity index (χ3v) is 5.50. The van der Waals surface area contributed by atoms with E-state index in [0.717, 1.165) is 11.1 Å². The molecule has 1 amide bonds. The molecule has 7 nitrogen and oxygen atoms in total. The highest BCUT2D eigenvalue weighted by Crippen LogP contribution is 2.32. The Bertz CT molecular complexity index is 955. The highest BCUT2D eigenvalue weighted by Gasteiger charge is 2.21. The molecule has 0 radical (unpaired) electrons. The van der Waals surface area contributed by atoms with Gasteiger partial charge in [0.25, 0.3) is 10.0 Å². The number of carbonyl (C=O) groups excluding carboxylic acids is 1. The summed E-state index contributed by atoms with van der Waals surface area (Å²) in [5, 5.41) is 2.50. The molecule has 0 aromatic heterocycles. The van der Waals surface area contributed by atoms with E-state index in [4.69, 9.17) is 9.47 Å². The van der Waals surface area contributed by atoms with Crippen molar-refractivity contribution < 1.29 is 22.7 Å². The lowest BCUT2D eigenvalue weighted by Crippen LogP contribution is -2.17. The normalized spacial score (nSPS) is 11.2. The average molecular weight is 407 g/mol. The molecule has 152 valence electrons. The Hall–Kier alpha value is -2.74. The first-order valence-electron chi connectivity index (χ1n) is 8.93. The number of anilines is 2. The maximum Gasteiger partial charge on any atom is 0.411 e. The number of ether oxygens (including phenoxy) is 2. The van der Waals surface area contributed by atoms with Gasteiger partial charge in [0.2, 0.25) is 0 Å². The predicted molar refractivity (Wildman–Crippen MR) is 110 cm³/mol. The minimum Gasteiger partial charge on any atom is -0.495 e. The van der Waals surface area contributed by atoms with Gasteiger partial charge < -0.3 is 9.47 Å². The van der Waals surface area contributed by atoms with E-state index in [1.54, 1.807) is 6.92 Å². The summed E-state index contributed by atoms with van der Waals surface area (Å²) in [6.45, 7) is 7.73. The van der Waals surface area contributed by atoms with Crippen molar-refractivity contribution in [3.63, 3.8) is 0 Å². The first kappa shape index (κ1) is 21.6. The molecule has 0 atom stereocenters. The molecule has 28 heavy (non-hydrogen) atoms. The van der Waals surface area contributed by atoms with Gasteiger partial charge in [-0.25, -0.2) is 13.2 Å². The van der Waals surface area contributed by atoms with Crippen LogP contribution < -0.4 is 14.8 Å². The molecule has 0 spiro atoms.